The van der Waals surface area contributed by atoms with Crippen LogP contribution in [-0.4, -0.2) is 46.9 Å². The summed E-state index contributed by atoms with van der Waals surface area (Å²) in [5.74, 6) is -0.0890. The molecule has 180 valence electrons. The molecule has 37 heavy (non-hydrogen) atoms. The number of hydrogen-bond acceptors (Lipinski definition) is 5. The van der Waals surface area contributed by atoms with Crippen molar-refractivity contribution in [3.8, 4) is 11.1 Å². The lowest BCUT2D eigenvalue weighted by atomic mass is 9.97. The van der Waals surface area contributed by atoms with E-state index in [9.17, 15) is 4.79 Å². The molecule has 1 aliphatic heterocycles. The molecule has 1 N–H and O–H groups in total. The second-order valence-electron chi connectivity index (χ2n) is 9.32. The molecule has 5 aromatic heterocycles. The number of hydrogen-bond donors (Lipinski definition) is 1. The third-order valence-corrected chi connectivity index (χ3v) is 7.18. The van der Waals surface area contributed by atoms with E-state index in [1.165, 1.54) is 0 Å². The molecule has 0 saturated carbocycles. The van der Waals surface area contributed by atoms with Gasteiger partial charge in [-0.1, -0.05) is 36.4 Å². The number of nitrogens with one attached hydrogen (secondary N) is 1. The van der Waals surface area contributed by atoms with Crippen LogP contribution in [0.15, 0.2) is 85.7 Å². The van der Waals surface area contributed by atoms with Crippen LogP contribution in [0.5, 0.6) is 0 Å². The van der Waals surface area contributed by atoms with Crippen molar-refractivity contribution in [1.82, 2.24) is 34.4 Å². The average molecular weight is 486 g/mol. The second-order valence-corrected chi connectivity index (χ2v) is 9.32. The van der Waals surface area contributed by atoms with Gasteiger partial charge in [0, 0.05) is 59.5 Å². The molecule has 0 bridgehead atoms. The van der Waals surface area contributed by atoms with Crippen LogP contribution in [0.25, 0.3) is 27.4 Å². The van der Waals surface area contributed by atoms with E-state index in [2.05, 4.69) is 32.2 Å². The van der Waals surface area contributed by atoms with Crippen LogP contribution < -0.4 is 0 Å². The Kier molecular flexibility index (Phi) is 4.85. The van der Waals surface area contributed by atoms with Crippen LogP contribution in [0.2, 0.25) is 0 Å². The molecule has 0 fully saturated rings. The molecule has 0 radical (unpaired) electrons. The van der Waals surface area contributed by atoms with Gasteiger partial charge in [-0.25, -0.2) is 9.50 Å². The maximum atomic E-state index is 14.1. The molecule has 0 aliphatic carbocycles. The summed E-state index contributed by atoms with van der Waals surface area (Å²) >= 11 is 0. The van der Waals surface area contributed by atoms with E-state index < -0.39 is 0 Å². The van der Waals surface area contributed by atoms with E-state index in [0.29, 0.717) is 18.5 Å². The van der Waals surface area contributed by atoms with Gasteiger partial charge in [-0.15, -0.1) is 0 Å². The Morgan fingerprint density at radius 2 is 1.89 bits per heavy atom. The van der Waals surface area contributed by atoms with Gasteiger partial charge in [0.05, 0.1) is 35.0 Å². The van der Waals surface area contributed by atoms with Crippen molar-refractivity contribution < 1.29 is 4.79 Å². The lowest BCUT2D eigenvalue weighted by Gasteiger charge is -2.34. The number of fused-ring (bicyclic) bond motifs is 3. The van der Waals surface area contributed by atoms with Crippen LogP contribution in [0.3, 0.4) is 0 Å². The summed E-state index contributed by atoms with van der Waals surface area (Å²) in [6.45, 7) is 2.54. The standard InChI is InChI=1S/C29H23N7O/c1-18-22(7-4-11-30-18)21-8-9-26-23(15-34-36(26)16-21)29(37)35-12-10-24-27(33-17-32-24)28(35)25-13-19-5-2-3-6-20(19)14-31-25/h2-9,11,13-17,28H,10,12H2,1H3,(H,32,33)/t28-/m1/s1. The number of aromatic amines is 1. The Morgan fingerprint density at radius 1 is 1.00 bits per heavy atom. The van der Waals surface area contributed by atoms with Gasteiger partial charge in [-0.2, -0.15) is 5.10 Å². The maximum Gasteiger partial charge on any atom is 0.258 e. The largest absolute Gasteiger partial charge is 0.348 e. The summed E-state index contributed by atoms with van der Waals surface area (Å²) in [4.78, 5) is 32.9. The first kappa shape index (κ1) is 21.4. The number of imidazole rings is 1. The number of benzene rings is 1. The predicted molar refractivity (Wildman–Crippen MR) is 140 cm³/mol. The molecule has 0 unspecified atom stereocenters. The number of amides is 1. The Morgan fingerprint density at radius 3 is 2.78 bits per heavy atom. The fraction of sp³-hybridized carbons (Fsp3) is 0.138. The summed E-state index contributed by atoms with van der Waals surface area (Å²) in [6.07, 6.45) is 9.65. The number of pyridine rings is 3. The minimum atomic E-state index is -0.389. The number of aromatic nitrogens is 6. The third kappa shape index (κ3) is 3.48. The Labute approximate surface area is 212 Å². The summed E-state index contributed by atoms with van der Waals surface area (Å²) in [6, 6.07) is 17.7. The fourth-order valence-corrected chi connectivity index (χ4v) is 5.30. The zero-order chi connectivity index (χ0) is 24.9. The van der Waals surface area contributed by atoms with E-state index >= 15 is 0 Å². The first-order valence-corrected chi connectivity index (χ1v) is 12.2. The summed E-state index contributed by atoms with van der Waals surface area (Å²) in [5, 5.41) is 6.67. The van der Waals surface area contributed by atoms with Gasteiger partial charge in [0.15, 0.2) is 0 Å². The summed E-state index contributed by atoms with van der Waals surface area (Å²) in [7, 11) is 0. The van der Waals surface area contributed by atoms with Crippen molar-refractivity contribution >= 4 is 22.2 Å². The van der Waals surface area contributed by atoms with E-state index in [1.54, 1.807) is 23.2 Å². The van der Waals surface area contributed by atoms with E-state index in [4.69, 9.17) is 4.98 Å². The van der Waals surface area contributed by atoms with Gasteiger partial charge in [-0.05, 0) is 30.5 Å². The highest BCUT2D eigenvalue weighted by Crippen LogP contribution is 2.35. The molecule has 6 aromatic rings. The van der Waals surface area contributed by atoms with Gasteiger partial charge in [0.1, 0.15) is 6.04 Å². The zero-order valence-corrected chi connectivity index (χ0v) is 20.2. The van der Waals surface area contributed by atoms with Crippen molar-refractivity contribution in [1.29, 1.82) is 0 Å². The van der Waals surface area contributed by atoms with Gasteiger partial charge in [-0.3, -0.25) is 14.8 Å². The Hall–Kier alpha value is -4.85. The highest BCUT2D eigenvalue weighted by molar-refractivity contribution is 6.01. The van der Waals surface area contributed by atoms with E-state index in [-0.39, 0.29) is 11.9 Å². The van der Waals surface area contributed by atoms with Crippen LogP contribution in [0.4, 0.5) is 0 Å². The number of nitrogens with zero attached hydrogens (tertiary/aromatic N) is 6. The van der Waals surface area contributed by atoms with Crippen molar-refractivity contribution in [2.45, 2.75) is 19.4 Å². The smallest absolute Gasteiger partial charge is 0.258 e. The van der Waals surface area contributed by atoms with Crippen molar-refractivity contribution in [3.63, 3.8) is 0 Å². The zero-order valence-electron chi connectivity index (χ0n) is 20.2. The van der Waals surface area contributed by atoms with Crippen molar-refractivity contribution in [3.05, 3.63) is 114 Å². The lowest BCUT2D eigenvalue weighted by Crippen LogP contribution is -2.41. The van der Waals surface area contributed by atoms with Crippen LogP contribution >= 0.6 is 0 Å². The highest BCUT2D eigenvalue weighted by atomic mass is 16.2. The summed E-state index contributed by atoms with van der Waals surface area (Å²) in [5.41, 5.74) is 6.97. The minimum Gasteiger partial charge on any atom is -0.348 e. The number of carbonyl (C=O) groups is 1. The average Bonchev–Trinajstić information content (AvgIpc) is 3.59. The third-order valence-electron chi connectivity index (χ3n) is 7.18. The molecule has 1 atom stereocenters. The Bertz CT molecular complexity index is 1800. The minimum absolute atomic E-state index is 0.0890. The number of H-pyrrole nitrogens is 1. The number of carbonyl (C=O) groups excluding carboxylic acids is 1. The van der Waals surface area contributed by atoms with Gasteiger partial charge >= 0.3 is 0 Å². The van der Waals surface area contributed by atoms with Crippen LogP contribution in [-0.2, 0) is 6.42 Å². The number of rotatable bonds is 3. The topological polar surface area (TPSA) is 92.1 Å². The van der Waals surface area contributed by atoms with Crippen LogP contribution in [0, 0.1) is 6.92 Å². The van der Waals surface area contributed by atoms with Crippen molar-refractivity contribution in [2.75, 3.05) is 6.54 Å². The van der Waals surface area contributed by atoms with Crippen molar-refractivity contribution in [2.24, 2.45) is 0 Å². The van der Waals surface area contributed by atoms with Gasteiger partial charge < -0.3 is 9.88 Å². The Balaban J connectivity index is 1.30. The molecule has 8 nitrogen and oxygen atoms in total. The molecule has 1 aliphatic rings. The number of aryl methyl sites for hydroxylation is 1. The molecule has 6 heterocycles. The summed E-state index contributed by atoms with van der Waals surface area (Å²) < 4.78 is 1.77. The normalized spacial score (nSPS) is 15.3. The van der Waals surface area contributed by atoms with Gasteiger partial charge in [0.2, 0.25) is 0 Å². The fourth-order valence-electron chi connectivity index (χ4n) is 5.30. The highest BCUT2D eigenvalue weighted by Gasteiger charge is 2.36. The lowest BCUT2D eigenvalue weighted by molar-refractivity contribution is 0.0689. The molecule has 0 spiro atoms. The second kappa shape index (κ2) is 8.37. The molecule has 1 aromatic carbocycles. The SMILES string of the molecule is Cc1ncccc1-c1ccc2c(C(=O)N3CCc4[nH]cnc4[C@H]3c3cc4ccccc4cn3)cnn2c1. The first-order chi connectivity index (χ1) is 18.2. The monoisotopic (exact) mass is 485 g/mol. The molecule has 8 heteroatoms. The molecule has 1 amide bonds. The maximum absolute atomic E-state index is 14.1. The van der Waals surface area contributed by atoms with E-state index in [0.717, 1.165) is 50.2 Å². The first-order valence-electron chi connectivity index (χ1n) is 12.2. The quantitative estimate of drug-likeness (QED) is 0.390. The van der Waals surface area contributed by atoms with E-state index in [1.807, 2.05) is 66.7 Å². The molecular weight excluding hydrogens is 462 g/mol. The van der Waals surface area contributed by atoms with Gasteiger partial charge in [0.25, 0.3) is 5.91 Å². The predicted octanol–water partition coefficient (Wildman–Crippen LogP) is 4.76. The van der Waals surface area contributed by atoms with Crippen LogP contribution in [0.1, 0.15) is 39.2 Å². The molecule has 7 rings (SSSR count). The molecular formula is C29H23N7O. The molecule has 0 saturated heterocycles.